The Morgan fingerprint density at radius 1 is 1.32 bits per heavy atom. The standard InChI is InChI=1S/C19H16ClFN4/c20-14-7-13(8-15(21)9-14)19(5-2-6-19)11-23-18-24-16-4-1-3-12(10-22)17(16)25-18/h1,3-4,7-9H,2,5-6,11H2,(H2,23,24,25). The van der Waals surface area contributed by atoms with Crippen LogP contribution in [0.4, 0.5) is 10.3 Å². The van der Waals surface area contributed by atoms with Crippen molar-refractivity contribution in [2.24, 2.45) is 0 Å². The lowest BCUT2D eigenvalue weighted by Gasteiger charge is -2.42. The maximum atomic E-state index is 13.8. The Hall–Kier alpha value is -2.58. The molecular formula is C19H16ClFN4. The highest BCUT2D eigenvalue weighted by Crippen LogP contribution is 2.44. The summed E-state index contributed by atoms with van der Waals surface area (Å²) < 4.78 is 13.8. The molecule has 0 radical (unpaired) electrons. The lowest BCUT2D eigenvalue weighted by molar-refractivity contribution is 0.259. The van der Waals surface area contributed by atoms with Gasteiger partial charge in [-0.15, -0.1) is 0 Å². The summed E-state index contributed by atoms with van der Waals surface area (Å²) in [6.45, 7) is 0.633. The molecule has 1 heterocycles. The van der Waals surface area contributed by atoms with Crippen LogP contribution < -0.4 is 5.32 Å². The van der Waals surface area contributed by atoms with E-state index in [1.165, 1.54) is 6.07 Å². The fourth-order valence-corrected chi connectivity index (χ4v) is 3.71. The normalized spacial score (nSPS) is 15.6. The van der Waals surface area contributed by atoms with Crippen molar-refractivity contribution >= 4 is 28.6 Å². The van der Waals surface area contributed by atoms with Gasteiger partial charge in [-0.2, -0.15) is 5.26 Å². The number of para-hydroxylation sites is 1. The van der Waals surface area contributed by atoms with E-state index in [0.29, 0.717) is 28.6 Å². The van der Waals surface area contributed by atoms with Gasteiger partial charge in [0, 0.05) is 17.0 Å². The van der Waals surface area contributed by atoms with E-state index in [9.17, 15) is 9.65 Å². The van der Waals surface area contributed by atoms with E-state index in [1.807, 2.05) is 18.2 Å². The molecule has 25 heavy (non-hydrogen) atoms. The SMILES string of the molecule is N#Cc1cccc2[nH]c(NCC3(c4cc(F)cc(Cl)c4)CCC3)nc12. The molecule has 1 saturated carbocycles. The van der Waals surface area contributed by atoms with E-state index in [4.69, 9.17) is 11.6 Å². The second kappa shape index (κ2) is 6.05. The number of anilines is 1. The van der Waals surface area contributed by atoms with Crippen molar-refractivity contribution in [2.45, 2.75) is 24.7 Å². The highest BCUT2D eigenvalue weighted by atomic mass is 35.5. The molecule has 1 aliphatic rings. The van der Waals surface area contributed by atoms with Gasteiger partial charge in [0.05, 0.1) is 11.1 Å². The summed E-state index contributed by atoms with van der Waals surface area (Å²) >= 11 is 6.03. The van der Waals surface area contributed by atoms with Gasteiger partial charge in [-0.3, -0.25) is 0 Å². The number of hydrogen-bond acceptors (Lipinski definition) is 3. The molecule has 0 aliphatic heterocycles. The van der Waals surface area contributed by atoms with E-state index in [1.54, 1.807) is 12.1 Å². The number of nitriles is 1. The van der Waals surface area contributed by atoms with Gasteiger partial charge in [-0.1, -0.05) is 24.1 Å². The summed E-state index contributed by atoms with van der Waals surface area (Å²) in [6, 6.07) is 12.3. The Balaban J connectivity index is 1.60. The summed E-state index contributed by atoms with van der Waals surface area (Å²) in [6.07, 6.45) is 3.06. The molecule has 2 N–H and O–H groups in total. The number of imidazole rings is 1. The van der Waals surface area contributed by atoms with Gasteiger partial charge in [-0.25, -0.2) is 9.37 Å². The topological polar surface area (TPSA) is 64.5 Å². The van der Waals surface area contributed by atoms with Crippen molar-refractivity contribution in [3.05, 3.63) is 58.4 Å². The maximum Gasteiger partial charge on any atom is 0.201 e. The summed E-state index contributed by atoms with van der Waals surface area (Å²) in [4.78, 5) is 7.68. The molecule has 0 spiro atoms. The Kier molecular flexibility index (Phi) is 3.85. The number of H-pyrrole nitrogens is 1. The highest BCUT2D eigenvalue weighted by molar-refractivity contribution is 6.30. The number of halogens is 2. The quantitative estimate of drug-likeness (QED) is 0.709. The van der Waals surface area contributed by atoms with Gasteiger partial charge in [0.15, 0.2) is 0 Å². The first-order valence-electron chi connectivity index (χ1n) is 8.19. The number of nitrogens with zero attached hydrogens (tertiary/aromatic N) is 2. The van der Waals surface area contributed by atoms with Crippen LogP contribution in [0.25, 0.3) is 11.0 Å². The molecular weight excluding hydrogens is 339 g/mol. The molecule has 1 aromatic heterocycles. The minimum atomic E-state index is -0.309. The zero-order chi connectivity index (χ0) is 17.4. The highest BCUT2D eigenvalue weighted by Gasteiger charge is 2.39. The van der Waals surface area contributed by atoms with Crippen LogP contribution >= 0.6 is 11.6 Å². The number of hydrogen-bond donors (Lipinski definition) is 2. The number of benzene rings is 2. The first kappa shape index (κ1) is 15.9. The minimum absolute atomic E-state index is 0.136. The fourth-order valence-electron chi connectivity index (χ4n) is 3.49. The maximum absolute atomic E-state index is 13.8. The molecule has 1 aliphatic carbocycles. The predicted molar refractivity (Wildman–Crippen MR) is 96.2 cm³/mol. The van der Waals surface area contributed by atoms with Crippen molar-refractivity contribution in [1.82, 2.24) is 9.97 Å². The number of aromatic nitrogens is 2. The van der Waals surface area contributed by atoms with Gasteiger partial charge in [0.2, 0.25) is 5.95 Å². The molecule has 4 nitrogen and oxygen atoms in total. The monoisotopic (exact) mass is 354 g/mol. The summed E-state index contributed by atoms with van der Waals surface area (Å²) in [5.74, 6) is 0.308. The number of rotatable bonds is 4. The summed E-state index contributed by atoms with van der Waals surface area (Å²) in [7, 11) is 0. The van der Waals surface area contributed by atoms with Gasteiger partial charge in [-0.05, 0) is 48.7 Å². The van der Waals surface area contributed by atoms with Gasteiger partial charge < -0.3 is 10.3 Å². The van der Waals surface area contributed by atoms with Crippen LogP contribution in [0.15, 0.2) is 36.4 Å². The van der Waals surface area contributed by atoms with Crippen molar-refractivity contribution in [3.63, 3.8) is 0 Å². The van der Waals surface area contributed by atoms with Crippen LogP contribution in [0.1, 0.15) is 30.4 Å². The van der Waals surface area contributed by atoms with E-state index in [-0.39, 0.29) is 11.2 Å². The largest absolute Gasteiger partial charge is 0.355 e. The summed E-state index contributed by atoms with van der Waals surface area (Å²) in [5, 5.41) is 12.9. The average molecular weight is 355 g/mol. The third-order valence-corrected chi connectivity index (χ3v) is 5.23. The van der Waals surface area contributed by atoms with Crippen molar-refractivity contribution in [1.29, 1.82) is 5.26 Å². The minimum Gasteiger partial charge on any atom is -0.355 e. The predicted octanol–water partition coefficient (Wildman–Crippen LogP) is 4.76. The molecule has 2 aromatic carbocycles. The lowest BCUT2D eigenvalue weighted by Crippen LogP contribution is -2.41. The smallest absolute Gasteiger partial charge is 0.201 e. The molecule has 0 bridgehead atoms. The first-order valence-corrected chi connectivity index (χ1v) is 8.57. The van der Waals surface area contributed by atoms with E-state index < -0.39 is 0 Å². The van der Waals surface area contributed by atoms with Gasteiger partial charge in [0.25, 0.3) is 0 Å². The molecule has 4 rings (SSSR count). The molecule has 1 fully saturated rings. The van der Waals surface area contributed by atoms with Crippen molar-refractivity contribution in [3.8, 4) is 6.07 Å². The molecule has 6 heteroatoms. The second-order valence-corrected chi connectivity index (χ2v) is 6.98. The molecule has 0 atom stereocenters. The molecule has 0 saturated heterocycles. The Morgan fingerprint density at radius 3 is 2.84 bits per heavy atom. The number of fused-ring (bicyclic) bond motifs is 1. The van der Waals surface area contributed by atoms with E-state index in [2.05, 4.69) is 21.4 Å². The van der Waals surface area contributed by atoms with Crippen molar-refractivity contribution < 1.29 is 4.39 Å². The lowest BCUT2D eigenvalue weighted by atomic mass is 9.64. The third kappa shape index (κ3) is 2.83. The van der Waals surface area contributed by atoms with Crippen LogP contribution in [-0.2, 0) is 5.41 Å². The van der Waals surface area contributed by atoms with Gasteiger partial charge >= 0.3 is 0 Å². The zero-order valence-corrected chi connectivity index (χ0v) is 14.2. The first-order chi connectivity index (χ1) is 12.1. The van der Waals surface area contributed by atoms with Crippen LogP contribution in [0, 0.1) is 17.1 Å². The Morgan fingerprint density at radius 2 is 2.16 bits per heavy atom. The van der Waals surface area contributed by atoms with Crippen molar-refractivity contribution in [2.75, 3.05) is 11.9 Å². The van der Waals surface area contributed by atoms with Gasteiger partial charge in [0.1, 0.15) is 17.4 Å². The molecule has 0 unspecified atom stereocenters. The fraction of sp³-hybridized carbons (Fsp3) is 0.263. The third-order valence-electron chi connectivity index (χ3n) is 5.01. The molecule has 0 amide bonds. The van der Waals surface area contributed by atoms with Crippen LogP contribution in [0.5, 0.6) is 0 Å². The average Bonchev–Trinajstić information content (AvgIpc) is 2.96. The zero-order valence-electron chi connectivity index (χ0n) is 13.4. The Labute approximate surface area is 149 Å². The molecule has 3 aromatic rings. The number of aromatic amines is 1. The van der Waals surface area contributed by atoms with Crippen LogP contribution in [-0.4, -0.2) is 16.5 Å². The van der Waals surface area contributed by atoms with E-state index in [0.717, 1.165) is 30.3 Å². The second-order valence-electron chi connectivity index (χ2n) is 6.54. The number of nitrogens with one attached hydrogen (secondary N) is 2. The Bertz CT molecular complexity index is 964. The summed E-state index contributed by atoms with van der Waals surface area (Å²) in [5.41, 5.74) is 2.80. The van der Waals surface area contributed by atoms with Crippen LogP contribution in [0.2, 0.25) is 5.02 Å². The molecule has 126 valence electrons. The van der Waals surface area contributed by atoms with Crippen LogP contribution in [0.3, 0.4) is 0 Å². The van der Waals surface area contributed by atoms with E-state index >= 15 is 0 Å².